The van der Waals surface area contributed by atoms with Crippen molar-refractivity contribution in [2.45, 2.75) is 32.2 Å². The fourth-order valence-corrected chi connectivity index (χ4v) is 2.31. The van der Waals surface area contributed by atoms with Gasteiger partial charge >= 0.3 is 0 Å². The molecule has 1 atom stereocenters. The van der Waals surface area contributed by atoms with Crippen molar-refractivity contribution in [1.29, 1.82) is 0 Å². The normalized spacial score (nSPS) is 15.4. The Hall–Kier alpha value is -1.35. The van der Waals surface area contributed by atoms with Crippen molar-refractivity contribution in [2.75, 3.05) is 13.6 Å². The first kappa shape index (κ1) is 12.1. The van der Waals surface area contributed by atoms with Gasteiger partial charge in [0, 0.05) is 13.1 Å². The predicted octanol–water partition coefficient (Wildman–Crippen LogP) is 1.57. The summed E-state index contributed by atoms with van der Waals surface area (Å²) in [5, 5.41) is 5.84. The van der Waals surface area contributed by atoms with E-state index >= 15 is 0 Å². The lowest BCUT2D eigenvalue weighted by Crippen LogP contribution is -2.32. The van der Waals surface area contributed by atoms with Gasteiger partial charge in [-0.15, -0.1) is 0 Å². The van der Waals surface area contributed by atoms with Gasteiger partial charge in [-0.3, -0.25) is 4.79 Å². The standard InChI is InChI=1S/C14H20N2O/c1-10(16-9-14(17)15-2)12-7-6-11-4-3-5-13(11)8-12/h6-8,10,16H,3-5,9H2,1-2H3,(H,15,17). The number of hydrogen-bond donors (Lipinski definition) is 2. The quantitative estimate of drug-likeness (QED) is 0.827. The van der Waals surface area contributed by atoms with Crippen LogP contribution in [0.2, 0.25) is 0 Å². The zero-order valence-electron chi connectivity index (χ0n) is 10.5. The Kier molecular flexibility index (Phi) is 3.79. The van der Waals surface area contributed by atoms with Crippen LogP contribution in [0.3, 0.4) is 0 Å². The monoisotopic (exact) mass is 232 g/mol. The van der Waals surface area contributed by atoms with Crippen LogP contribution in [0.5, 0.6) is 0 Å². The molecule has 1 aromatic carbocycles. The summed E-state index contributed by atoms with van der Waals surface area (Å²) in [6, 6.07) is 6.91. The summed E-state index contributed by atoms with van der Waals surface area (Å²) < 4.78 is 0. The van der Waals surface area contributed by atoms with Crippen molar-refractivity contribution in [3.05, 3.63) is 34.9 Å². The van der Waals surface area contributed by atoms with E-state index in [0.717, 1.165) is 0 Å². The van der Waals surface area contributed by atoms with Crippen LogP contribution in [0.4, 0.5) is 0 Å². The first-order valence-corrected chi connectivity index (χ1v) is 6.26. The van der Waals surface area contributed by atoms with Gasteiger partial charge in [0.05, 0.1) is 6.54 Å². The first-order valence-electron chi connectivity index (χ1n) is 6.26. The van der Waals surface area contributed by atoms with E-state index in [-0.39, 0.29) is 11.9 Å². The lowest BCUT2D eigenvalue weighted by atomic mass is 10.0. The minimum Gasteiger partial charge on any atom is -0.358 e. The highest BCUT2D eigenvalue weighted by Crippen LogP contribution is 2.25. The summed E-state index contributed by atoms with van der Waals surface area (Å²) in [5.74, 6) is 0.0259. The number of carbonyl (C=O) groups excluding carboxylic acids is 1. The van der Waals surface area contributed by atoms with E-state index in [1.807, 2.05) is 0 Å². The highest BCUT2D eigenvalue weighted by atomic mass is 16.1. The van der Waals surface area contributed by atoms with Gasteiger partial charge in [0.15, 0.2) is 0 Å². The van der Waals surface area contributed by atoms with E-state index in [1.165, 1.54) is 36.0 Å². The third-order valence-corrected chi connectivity index (χ3v) is 3.47. The van der Waals surface area contributed by atoms with Crippen LogP contribution in [0, 0.1) is 0 Å². The molecular formula is C14H20N2O. The SMILES string of the molecule is CNC(=O)CNC(C)c1ccc2c(c1)CCC2. The fourth-order valence-electron chi connectivity index (χ4n) is 2.31. The second kappa shape index (κ2) is 5.32. The summed E-state index contributed by atoms with van der Waals surface area (Å²) in [6.07, 6.45) is 3.69. The summed E-state index contributed by atoms with van der Waals surface area (Å²) in [5.41, 5.74) is 4.25. The van der Waals surface area contributed by atoms with Crippen LogP contribution in [0.15, 0.2) is 18.2 Å². The molecule has 0 heterocycles. The van der Waals surface area contributed by atoms with Crippen molar-refractivity contribution in [3.63, 3.8) is 0 Å². The largest absolute Gasteiger partial charge is 0.358 e. The van der Waals surface area contributed by atoms with E-state index in [0.29, 0.717) is 6.54 Å². The molecule has 0 fully saturated rings. The van der Waals surface area contributed by atoms with Crippen LogP contribution in [-0.4, -0.2) is 19.5 Å². The van der Waals surface area contributed by atoms with Gasteiger partial charge < -0.3 is 10.6 Å². The van der Waals surface area contributed by atoms with Gasteiger partial charge in [-0.1, -0.05) is 18.2 Å². The Morgan fingerprint density at radius 2 is 2.12 bits per heavy atom. The molecule has 2 N–H and O–H groups in total. The minimum atomic E-state index is 0.0259. The van der Waals surface area contributed by atoms with Gasteiger partial charge in [0.1, 0.15) is 0 Å². The molecule has 1 unspecified atom stereocenters. The molecule has 1 aliphatic rings. The van der Waals surface area contributed by atoms with Gasteiger partial charge in [-0.05, 0) is 42.9 Å². The van der Waals surface area contributed by atoms with Crippen molar-refractivity contribution in [1.82, 2.24) is 10.6 Å². The maximum Gasteiger partial charge on any atom is 0.233 e. The molecule has 0 spiro atoms. The molecule has 2 rings (SSSR count). The molecule has 0 saturated heterocycles. The third kappa shape index (κ3) is 2.86. The molecule has 0 radical (unpaired) electrons. The number of aryl methyl sites for hydroxylation is 2. The molecule has 1 aliphatic carbocycles. The smallest absolute Gasteiger partial charge is 0.233 e. The summed E-state index contributed by atoms with van der Waals surface area (Å²) >= 11 is 0. The fraction of sp³-hybridized carbons (Fsp3) is 0.500. The number of carbonyl (C=O) groups is 1. The van der Waals surface area contributed by atoms with E-state index in [9.17, 15) is 4.79 Å². The van der Waals surface area contributed by atoms with E-state index in [4.69, 9.17) is 0 Å². The third-order valence-electron chi connectivity index (χ3n) is 3.47. The van der Waals surface area contributed by atoms with Crippen LogP contribution in [0.1, 0.15) is 36.1 Å². The summed E-state index contributed by atoms with van der Waals surface area (Å²) in [6.45, 7) is 2.47. The van der Waals surface area contributed by atoms with E-state index in [2.05, 4.69) is 35.8 Å². The lowest BCUT2D eigenvalue weighted by Gasteiger charge is -2.15. The average Bonchev–Trinajstić information content (AvgIpc) is 2.82. The van der Waals surface area contributed by atoms with Crippen LogP contribution in [-0.2, 0) is 17.6 Å². The highest BCUT2D eigenvalue weighted by Gasteiger charge is 2.13. The summed E-state index contributed by atoms with van der Waals surface area (Å²) in [4.78, 5) is 11.2. The maximum atomic E-state index is 11.2. The van der Waals surface area contributed by atoms with Gasteiger partial charge in [-0.25, -0.2) is 0 Å². The Morgan fingerprint density at radius 3 is 2.88 bits per heavy atom. The van der Waals surface area contributed by atoms with E-state index < -0.39 is 0 Å². The van der Waals surface area contributed by atoms with Gasteiger partial charge in [0.2, 0.25) is 5.91 Å². The van der Waals surface area contributed by atoms with Crippen LogP contribution < -0.4 is 10.6 Å². The lowest BCUT2D eigenvalue weighted by molar-refractivity contribution is -0.119. The Labute approximate surface area is 103 Å². The molecule has 92 valence electrons. The van der Waals surface area contributed by atoms with Crippen molar-refractivity contribution < 1.29 is 4.79 Å². The van der Waals surface area contributed by atoms with Gasteiger partial charge in [-0.2, -0.15) is 0 Å². The van der Waals surface area contributed by atoms with Crippen molar-refractivity contribution >= 4 is 5.91 Å². The van der Waals surface area contributed by atoms with Crippen molar-refractivity contribution in [3.8, 4) is 0 Å². The number of benzene rings is 1. The maximum absolute atomic E-state index is 11.2. The topological polar surface area (TPSA) is 41.1 Å². The number of likely N-dealkylation sites (N-methyl/N-ethyl adjacent to an activating group) is 1. The minimum absolute atomic E-state index is 0.0259. The molecule has 0 aromatic heterocycles. The molecule has 1 amide bonds. The number of amides is 1. The van der Waals surface area contributed by atoms with Crippen molar-refractivity contribution in [2.24, 2.45) is 0 Å². The Bertz CT molecular complexity index is 415. The zero-order valence-corrected chi connectivity index (χ0v) is 10.5. The molecule has 17 heavy (non-hydrogen) atoms. The molecule has 3 nitrogen and oxygen atoms in total. The second-order valence-electron chi connectivity index (χ2n) is 4.66. The number of hydrogen-bond acceptors (Lipinski definition) is 2. The molecule has 1 aromatic rings. The first-order chi connectivity index (χ1) is 8.20. The Balaban J connectivity index is 1.99. The summed E-state index contributed by atoms with van der Waals surface area (Å²) in [7, 11) is 1.66. The van der Waals surface area contributed by atoms with Crippen LogP contribution in [0.25, 0.3) is 0 Å². The predicted molar refractivity (Wildman–Crippen MR) is 69.0 cm³/mol. The number of nitrogens with one attached hydrogen (secondary N) is 2. The zero-order chi connectivity index (χ0) is 12.3. The number of fused-ring (bicyclic) bond motifs is 1. The Morgan fingerprint density at radius 1 is 1.35 bits per heavy atom. The highest BCUT2D eigenvalue weighted by molar-refractivity contribution is 5.77. The molecule has 0 bridgehead atoms. The van der Waals surface area contributed by atoms with Crippen LogP contribution >= 0.6 is 0 Å². The second-order valence-corrected chi connectivity index (χ2v) is 4.66. The molecule has 0 aliphatic heterocycles. The molecule has 3 heteroatoms. The molecule has 0 saturated carbocycles. The average molecular weight is 232 g/mol. The van der Waals surface area contributed by atoms with E-state index in [1.54, 1.807) is 7.05 Å². The molecular weight excluding hydrogens is 212 g/mol. The van der Waals surface area contributed by atoms with Gasteiger partial charge in [0.25, 0.3) is 0 Å². The number of rotatable bonds is 4.